The van der Waals surface area contributed by atoms with Crippen molar-refractivity contribution in [2.24, 2.45) is 10.2 Å². The first-order valence-electron chi connectivity index (χ1n) is 9.79. The number of carbonyl (C=O) groups excluding carboxylic acids is 2. The van der Waals surface area contributed by atoms with Crippen LogP contribution in [0, 0.1) is 10.1 Å². The molecule has 33 heavy (non-hydrogen) atoms. The molecule has 2 N–H and O–H groups in total. The molecule has 0 unspecified atom stereocenters. The van der Waals surface area contributed by atoms with Gasteiger partial charge in [-0.25, -0.2) is 0 Å². The van der Waals surface area contributed by atoms with Gasteiger partial charge in [0.25, 0.3) is 5.69 Å². The number of anilines is 1. The Morgan fingerprint density at radius 3 is 2.48 bits per heavy atom. The summed E-state index contributed by atoms with van der Waals surface area (Å²) in [7, 11) is 0. The molecule has 0 aliphatic rings. The van der Waals surface area contributed by atoms with Gasteiger partial charge in [0, 0.05) is 23.2 Å². The van der Waals surface area contributed by atoms with E-state index in [4.69, 9.17) is 0 Å². The third-order valence-electron chi connectivity index (χ3n) is 4.85. The molecule has 1 heterocycles. The highest BCUT2D eigenvalue weighted by Gasteiger charge is 2.19. The molecule has 4 rings (SSSR count). The second-order valence-corrected chi connectivity index (χ2v) is 7.03. The number of azo groups is 1. The lowest BCUT2D eigenvalue weighted by Crippen LogP contribution is -2.20. The summed E-state index contributed by atoms with van der Waals surface area (Å²) < 4.78 is 1.63. The number of hydrogen-bond acceptors (Lipinski definition) is 6. The van der Waals surface area contributed by atoms with Crippen molar-refractivity contribution in [2.75, 3.05) is 5.32 Å². The van der Waals surface area contributed by atoms with E-state index < -0.39 is 16.7 Å². The average Bonchev–Trinajstić information content (AvgIpc) is 3.09. The molecule has 3 aromatic carbocycles. The number of amides is 2. The summed E-state index contributed by atoms with van der Waals surface area (Å²) in [4.78, 5) is 34.6. The third kappa shape index (κ3) is 4.59. The first-order chi connectivity index (χ1) is 15.9. The van der Waals surface area contributed by atoms with Crippen LogP contribution in [0.5, 0.6) is 5.88 Å². The van der Waals surface area contributed by atoms with Crippen molar-refractivity contribution < 1.29 is 19.6 Å². The number of benzene rings is 3. The second kappa shape index (κ2) is 9.10. The Balaban J connectivity index is 1.58. The smallest absolute Gasteiger partial charge is 0.353 e. The molecule has 0 aliphatic heterocycles. The van der Waals surface area contributed by atoms with E-state index in [1.165, 1.54) is 18.2 Å². The van der Waals surface area contributed by atoms with Crippen molar-refractivity contribution in [3.05, 3.63) is 94.5 Å². The molecule has 0 fully saturated rings. The topological polar surface area (TPSA) is 139 Å². The van der Waals surface area contributed by atoms with Gasteiger partial charge in [-0.15, -0.1) is 10.2 Å². The van der Waals surface area contributed by atoms with E-state index in [1.807, 2.05) is 36.4 Å². The number of nitro groups is 1. The van der Waals surface area contributed by atoms with E-state index in [0.29, 0.717) is 17.4 Å². The average molecular weight is 443 g/mol. The fraction of sp³-hybridized carbons (Fsp3) is 0.0435. The van der Waals surface area contributed by atoms with Crippen molar-refractivity contribution in [3.8, 4) is 5.88 Å². The Kier molecular flexibility index (Phi) is 5.90. The van der Waals surface area contributed by atoms with E-state index in [9.17, 15) is 24.8 Å². The maximum absolute atomic E-state index is 12.2. The van der Waals surface area contributed by atoms with Crippen LogP contribution in [0.2, 0.25) is 0 Å². The maximum atomic E-state index is 12.2. The minimum Gasteiger partial charge on any atom is -0.493 e. The third-order valence-corrected chi connectivity index (χ3v) is 4.85. The van der Waals surface area contributed by atoms with Crippen LogP contribution >= 0.6 is 0 Å². The predicted molar refractivity (Wildman–Crippen MR) is 120 cm³/mol. The number of nitro benzene ring substituents is 1. The molecule has 0 atom stereocenters. The molecule has 0 bridgehead atoms. The number of nitrogens with one attached hydrogen (secondary N) is 1. The number of aromatic nitrogens is 1. The second-order valence-electron chi connectivity index (χ2n) is 7.03. The Hall–Kier alpha value is -4.86. The van der Waals surface area contributed by atoms with Crippen LogP contribution in [0.1, 0.15) is 5.56 Å². The number of para-hydroxylation sites is 1. The highest BCUT2D eigenvalue weighted by Crippen LogP contribution is 2.39. The predicted octanol–water partition coefficient (Wildman–Crippen LogP) is 4.55. The molecule has 0 aliphatic carbocycles. The number of non-ortho nitro benzene ring substituents is 1. The summed E-state index contributed by atoms with van der Waals surface area (Å²) in [6.45, 7) is 0.365. The number of hydrogen-bond donors (Lipinski definition) is 2. The molecule has 0 saturated carbocycles. The van der Waals surface area contributed by atoms with Gasteiger partial charge >= 0.3 is 11.8 Å². The Morgan fingerprint density at radius 2 is 1.73 bits per heavy atom. The van der Waals surface area contributed by atoms with E-state index >= 15 is 0 Å². The molecular weight excluding hydrogens is 426 g/mol. The van der Waals surface area contributed by atoms with Crippen LogP contribution in [0.25, 0.3) is 10.9 Å². The summed E-state index contributed by atoms with van der Waals surface area (Å²) in [6.07, 6.45) is 0. The van der Waals surface area contributed by atoms with Gasteiger partial charge in [-0.3, -0.25) is 19.7 Å². The molecule has 10 heteroatoms. The molecule has 0 radical (unpaired) electrons. The van der Waals surface area contributed by atoms with Gasteiger partial charge in [-0.1, -0.05) is 54.6 Å². The lowest BCUT2D eigenvalue weighted by atomic mass is 10.2. The fourth-order valence-electron chi connectivity index (χ4n) is 3.32. The van der Waals surface area contributed by atoms with Crippen LogP contribution in [0.15, 0.2) is 89.1 Å². The molecule has 2 amide bonds. The summed E-state index contributed by atoms with van der Waals surface area (Å²) in [5.74, 6) is -2.54. The zero-order chi connectivity index (χ0) is 23.4. The molecule has 4 aromatic rings. The van der Waals surface area contributed by atoms with Crippen LogP contribution in [0.4, 0.5) is 17.1 Å². The van der Waals surface area contributed by atoms with Crippen LogP contribution in [0.3, 0.4) is 0 Å². The minimum atomic E-state index is -1.22. The van der Waals surface area contributed by atoms with E-state index in [0.717, 1.165) is 11.6 Å². The van der Waals surface area contributed by atoms with Crippen LogP contribution < -0.4 is 5.32 Å². The molecule has 1 aromatic heterocycles. The Bertz CT molecular complexity index is 1400. The van der Waals surface area contributed by atoms with Crippen molar-refractivity contribution in [2.45, 2.75) is 6.54 Å². The quantitative estimate of drug-likeness (QED) is 0.202. The Labute approximate surface area is 187 Å². The lowest BCUT2D eigenvalue weighted by molar-refractivity contribution is -0.384. The molecular formula is C23H17N5O5. The molecule has 0 saturated heterocycles. The van der Waals surface area contributed by atoms with E-state index in [-0.39, 0.29) is 22.9 Å². The van der Waals surface area contributed by atoms with Gasteiger partial charge in [-0.2, -0.15) is 0 Å². The number of fused-ring (bicyclic) bond motifs is 1. The van der Waals surface area contributed by atoms with Gasteiger partial charge in [0.05, 0.1) is 17.0 Å². The lowest BCUT2D eigenvalue weighted by Gasteiger charge is -2.06. The summed E-state index contributed by atoms with van der Waals surface area (Å²) in [5.41, 5.74) is 1.52. The van der Waals surface area contributed by atoms with Gasteiger partial charge < -0.3 is 15.0 Å². The van der Waals surface area contributed by atoms with E-state index in [2.05, 4.69) is 15.5 Å². The van der Waals surface area contributed by atoms with Gasteiger partial charge in [0.1, 0.15) is 0 Å². The zero-order valence-corrected chi connectivity index (χ0v) is 17.1. The normalized spacial score (nSPS) is 11.0. The highest BCUT2D eigenvalue weighted by atomic mass is 16.6. The van der Waals surface area contributed by atoms with Gasteiger partial charge in [0.2, 0.25) is 5.88 Å². The van der Waals surface area contributed by atoms with Crippen molar-refractivity contribution in [1.29, 1.82) is 0 Å². The number of carbonyl (C=O) groups is 2. The first-order valence-corrected chi connectivity index (χ1v) is 9.79. The van der Waals surface area contributed by atoms with Crippen molar-refractivity contribution in [1.82, 2.24) is 4.57 Å². The van der Waals surface area contributed by atoms with Gasteiger partial charge in [-0.05, 0) is 17.7 Å². The fourth-order valence-corrected chi connectivity index (χ4v) is 3.32. The molecule has 0 spiro atoms. The van der Waals surface area contributed by atoms with Crippen LogP contribution in [-0.4, -0.2) is 26.4 Å². The highest BCUT2D eigenvalue weighted by molar-refractivity contribution is 6.40. The SMILES string of the molecule is O=C(N=Nc1c(O)n(Cc2ccccc2)c2ccccc12)C(=O)Nc1cccc([N+](=O)[O-])c1. The first kappa shape index (κ1) is 21.4. The van der Waals surface area contributed by atoms with E-state index in [1.54, 1.807) is 22.8 Å². The zero-order valence-electron chi connectivity index (χ0n) is 17.1. The largest absolute Gasteiger partial charge is 0.493 e. The number of aromatic hydroxyl groups is 1. The number of rotatable bonds is 5. The Morgan fingerprint density at radius 1 is 1.00 bits per heavy atom. The minimum absolute atomic E-state index is 0.0537. The van der Waals surface area contributed by atoms with Crippen molar-refractivity contribution in [3.63, 3.8) is 0 Å². The maximum Gasteiger partial charge on any atom is 0.353 e. The molecule has 164 valence electrons. The molecule has 10 nitrogen and oxygen atoms in total. The standard InChI is InChI=1S/C23H17N5O5/c29-21(24-16-9-6-10-17(13-16)28(32)33)22(30)26-25-20-18-11-4-5-12-19(18)27(23(20)31)14-15-7-2-1-3-8-15/h1-13,31H,14H2,(H,24,29). The summed E-state index contributed by atoms with van der Waals surface area (Å²) >= 11 is 0. The van der Waals surface area contributed by atoms with Crippen LogP contribution in [-0.2, 0) is 16.1 Å². The summed E-state index contributed by atoms with van der Waals surface area (Å²) in [5, 5.41) is 31.7. The van der Waals surface area contributed by atoms with Crippen molar-refractivity contribution >= 4 is 39.8 Å². The van der Waals surface area contributed by atoms with Gasteiger partial charge in [0.15, 0.2) is 5.69 Å². The monoisotopic (exact) mass is 443 g/mol. The summed E-state index contributed by atoms with van der Waals surface area (Å²) in [6, 6.07) is 21.7. The number of nitrogens with zero attached hydrogens (tertiary/aromatic N) is 4.